The molecule has 0 aliphatic carbocycles. The third-order valence-electron chi connectivity index (χ3n) is 1.73. The van der Waals surface area contributed by atoms with E-state index in [-0.39, 0.29) is 5.97 Å². The van der Waals surface area contributed by atoms with E-state index in [1.165, 1.54) is 0 Å². The largest absolute Gasteiger partial charge is 0.479 e. The van der Waals surface area contributed by atoms with E-state index in [0.29, 0.717) is 12.4 Å². The number of ether oxygens (including phenoxy) is 2. The van der Waals surface area contributed by atoms with Gasteiger partial charge in [0.15, 0.2) is 6.10 Å². The molecule has 1 rings (SSSR count). The van der Waals surface area contributed by atoms with Gasteiger partial charge in [0, 0.05) is 4.47 Å². The second-order valence-electron chi connectivity index (χ2n) is 2.97. The SMILES string of the molecule is CCOC(=O)[C@H](C)Oc1cccc(Br)c1. The summed E-state index contributed by atoms with van der Waals surface area (Å²) in [6.45, 7) is 3.80. The van der Waals surface area contributed by atoms with Crippen LogP contribution >= 0.6 is 15.9 Å². The Hall–Kier alpha value is -1.03. The molecule has 3 nitrogen and oxygen atoms in total. The van der Waals surface area contributed by atoms with Crippen LogP contribution in [0.1, 0.15) is 13.8 Å². The van der Waals surface area contributed by atoms with E-state index in [4.69, 9.17) is 9.47 Å². The highest BCUT2D eigenvalue weighted by Gasteiger charge is 2.15. The number of halogens is 1. The molecule has 1 aromatic carbocycles. The first kappa shape index (κ1) is 12.0. The number of esters is 1. The monoisotopic (exact) mass is 272 g/mol. The van der Waals surface area contributed by atoms with Gasteiger partial charge in [0.25, 0.3) is 0 Å². The Bertz CT molecular complexity index is 338. The van der Waals surface area contributed by atoms with Gasteiger partial charge in [-0.05, 0) is 32.0 Å². The second kappa shape index (κ2) is 5.75. The molecule has 0 radical (unpaired) electrons. The van der Waals surface area contributed by atoms with Crippen molar-refractivity contribution in [2.75, 3.05) is 6.61 Å². The number of hydrogen-bond donors (Lipinski definition) is 0. The fourth-order valence-electron chi connectivity index (χ4n) is 1.05. The summed E-state index contributed by atoms with van der Waals surface area (Å²) in [5.41, 5.74) is 0. The molecule has 0 fully saturated rings. The summed E-state index contributed by atoms with van der Waals surface area (Å²) in [4.78, 5) is 11.3. The minimum atomic E-state index is -0.584. The fraction of sp³-hybridized carbons (Fsp3) is 0.364. The zero-order valence-electron chi connectivity index (χ0n) is 8.70. The van der Waals surface area contributed by atoms with Crippen LogP contribution in [0.4, 0.5) is 0 Å². The summed E-state index contributed by atoms with van der Waals surface area (Å²) in [7, 11) is 0. The standard InChI is InChI=1S/C11H13BrO3/c1-3-14-11(13)8(2)15-10-6-4-5-9(12)7-10/h4-8H,3H2,1-2H3/t8-/m0/s1. The van der Waals surface area contributed by atoms with Gasteiger partial charge in [-0.2, -0.15) is 0 Å². The molecule has 0 spiro atoms. The minimum absolute atomic E-state index is 0.350. The smallest absolute Gasteiger partial charge is 0.347 e. The Morgan fingerprint density at radius 3 is 2.87 bits per heavy atom. The number of benzene rings is 1. The van der Waals surface area contributed by atoms with Crippen LogP contribution < -0.4 is 4.74 Å². The molecular formula is C11H13BrO3. The van der Waals surface area contributed by atoms with Crippen molar-refractivity contribution in [1.82, 2.24) is 0 Å². The number of rotatable bonds is 4. The van der Waals surface area contributed by atoms with Crippen LogP contribution in [0.15, 0.2) is 28.7 Å². The summed E-state index contributed by atoms with van der Waals surface area (Å²) in [6, 6.07) is 7.33. The van der Waals surface area contributed by atoms with Crippen molar-refractivity contribution < 1.29 is 14.3 Å². The van der Waals surface area contributed by atoms with Gasteiger partial charge in [-0.25, -0.2) is 4.79 Å². The van der Waals surface area contributed by atoms with Crippen molar-refractivity contribution in [1.29, 1.82) is 0 Å². The lowest BCUT2D eigenvalue weighted by atomic mass is 10.3. The lowest BCUT2D eigenvalue weighted by molar-refractivity contribution is -0.150. The summed E-state index contributed by atoms with van der Waals surface area (Å²) < 4.78 is 11.1. The van der Waals surface area contributed by atoms with Crippen LogP contribution in [0.25, 0.3) is 0 Å². The average Bonchev–Trinajstić information content (AvgIpc) is 2.18. The first-order chi connectivity index (χ1) is 7.13. The Balaban J connectivity index is 2.58. The van der Waals surface area contributed by atoms with E-state index in [2.05, 4.69) is 15.9 Å². The zero-order valence-corrected chi connectivity index (χ0v) is 10.3. The van der Waals surface area contributed by atoms with E-state index >= 15 is 0 Å². The molecule has 0 aliphatic heterocycles. The molecule has 0 aromatic heterocycles. The average molecular weight is 273 g/mol. The molecule has 0 saturated heterocycles. The first-order valence-electron chi connectivity index (χ1n) is 4.72. The van der Waals surface area contributed by atoms with E-state index in [1.54, 1.807) is 26.0 Å². The topological polar surface area (TPSA) is 35.5 Å². The van der Waals surface area contributed by atoms with Crippen LogP contribution in [-0.4, -0.2) is 18.7 Å². The molecule has 0 amide bonds. The van der Waals surface area contributed by atoms with Crippen LogP contribution in [0.2, 0.25) is 0 Å². The first-order valence-corrected chi connectivity index (χ1v) is 5.51. The normalized spacial score (nSPS) is 11.9. The van der Waals surface area contributed by atoms with Crippen molar-refractivity contribution in [2.45, 2.75) is 20.0 Å². The van der Waals surface area contributed by atoms with Crippen molar-refractivity contribution >= 4 is 21.9 Å². The molecule has 1 atom stereocenters. The number of carbonyl (C=O) groups is 1. The highest BCUT2D eigenvalue weighted by molar-refractivity contribution is 9.10. The van der Waals surface area contributed by atoms with E-state index in [9.17, 15) is 4.79 Å². The summed E-state index contributed by atoms with van der Waals surface area (Å²) in [5.74, 6) is 0.294. The molecule has 0 heterocycles. The van der Waals surface area contributed by atoms with Gasteiger partial charge in [-0.15, -0.1) is 0 Å². The molecule has 1 aromatic rings. The number of hydrogen-bond acceptors (Lipinski definition) is 3. The van der Waals surface area contributed by atoms with Gasteiger partial charge < -0.3 is 9.47 Å². The van der Waals surface area contributed by atoms with Crippen molar-refractivity contribution in [3.05, 3.63) is 28.7 Å². The zero-order chi connectivity index (χ0) is 11.3. The minimum Gasteiger partial charge on any atom is -0.479 e. The highest BCUT2D eigenvalue weighted by Crippen LogP contribution is 2.19. The van der Waals surface area contributed by atoms with Crippen LogP contribution in [-0.2, 0) is 9.53 Å². The maximum Gasteiger partial charge on any atom is 0.347 e. The predicted molar refractivity (Wildman–Crippen MR) is 60.9 cm³/mol. The second-order valence-corrected chi connectivity index (χ2v) is 3.89. The molecule has 4 heteroatoms. The Morgan fingerprint density at radius 1 is 1.53 bits per heavy atom. The van der Waals surface area contributed by atoms with Crippen molar-refractivity contribution in [3.8, 4) is 5.75 Å². The third kappa shape index (κ3) is 3.91. The molecule has 0 saturated carbocycles. The van der Waals surface area contributed by atoms with Gasteiger partial charge in [0.2, 0.25) is 0 Å². The van der Waals surface area contributed by atoms with Crippen molar-refractivity contribution in [3.63, 3.8) is 0 Å². The van der Waals surface area contributed by atoms with Crippen LogP contribution in [0.5, 0.6) is 5.75 Å². The molecule has 0 unspecified atom stereocenters. The van der Waals surface area contributed by atoms with Gasteiger partial charge in [-0.1, -0.05) is 22.0 Å². The molecule has 0 N–H and O–H groups in total. The summed E-state index contributed by atoms with van der Waals surface area (Å²) >= 11 is 3.32. The van der Waals surface area contributed by atoms with Gasteiger partial charge in [-0.3, -0.25) is 0 Å². The van der Waals surface area contributed by atoms with E-state index in [0.717, 1.165) is 4.47 Å². The molecule has 0 aliphatic rings. The summed E-state index contributed by atoms with van der Waals surface area (Å²) in [6.07, 6.45) is -0.584. The van der Waals surface area contributed by atoms with Gasteiger partial charge in [0.05, 0.1) is 6.61 Å². The highest BCUT2D eigenvalue weighted by atomic mass is 79.9. The quantitative estimate of drug-likeness (QED) is 0.791. The van der Waals surface area contributed by atoms with Gasteiger partial charge in [0.1, 0.15) is 5.75 Å². The lowest BCUT2D eigenvalue weighted by Crippen LogP contribution is -2.25. The van der Waals surface area contributed by atoms with Crippen molar-refractivity contribution in [2.24, 2.45) is 0 Å². The molecule has 0 bridgehead atoms. The molecule has 15 heavy (non-hydrogen) atoms. The Labute approximate surface area is 97.5 Å². The Morgan fingerprint density at radius 2 is 2.27 bits per heavy atom. The maximum absolute atomic E-state index is 11.3. The molecular weight excluding hydrogens is 260 g/mol. The van der Waals surface area contributed by atoms with Crippen LogP contribution in [0, 0.1) is 0 Å². The Kier molecular flexibility index (Phi) is 4.62. The van der Waals surface area contributed by atoms with Crippen LogP contribution in [0.3, 0.4) is 0 Å². The van der Waals surface area contributed by atoms with E-state index < -0.39 is 6.10 Å². The lowest BCUT2D eigenvalue weighted by Gasteiger charge is -2.13. The fourth-order valence-corrected chi connectivity index (χ4v) is 1.43. The van der Waals surface area contributed by atoms with E-state index in [1.807, 2.05) is 12.1 Å². The predicted octanol–water partition coefficient (Wildman–Crippen LogP) is 2.78. The third-order valence-corrected chi connectivity index (χ3v) is 2.22. The maximum atomic E-state index is 11.3. The molecule has 82 valence electrons. The number of carbonyl (C=O) groups excluding carboxylic acids is 1. The van der Waals surface area contributed by atoms with Gasteiger partial charge >= 0.3 is 5.97 Å². The summed E-state index contributed by atoms with van der Waals surface area (Å²) in [5, 5.41) is 0.